The Labute approximate surface area is 173 Å². The summed E-state index contributed by atoms with van der Waals surface area (Å²) in [5.41, 5.74) is 2.16. The zero-order valence-corrected chi connectivity index (χ0v) is 17.7. The van der Waals surface area contributed by atoms with E-state index in [-0.39, 0.29) is 17.3 Å². The smallest absolute Gasteiger partial charge is 0.243 e. The van der Waals surface area contributed by atoms with Crippen LogP contribution in [0.3, 0.4) is 0 Å². The molecule has 1 amide bonds. The first-order valence-corrected chi connectivity index (χ1v) is 11.1. The normalized spacial score (nSPS) is 15.5. The van der Waals surface area contributed by atoms with Crippen molar-refractivity contribution >= 4 is 21.6 Å². The molecule has 1 aliphatic heterocycles. The van der Waals surface area contributed by atoms with Crippen LogP contribution in [0.5, 0.6) is 0 Å². The molecule has 156 valence electrons. The van der Waals surface area contributed by atoms with Crippen molar-refractivity contribution in [2.24, 2.45) is 0 Å². The van der Waals surface area contributed by atoms with Crippen LogP contribution >= 0.6 is 0 Å². The Balaban J connectivity index is 1.50. The quantitative estimate of drug-likeness (QED) is 0.738. The third-order valence-corrected chi connectivity index (χ3v) is 6.93. The number of piperazine rings is 1. The topological polar surface area (TPSA) is 73.0 Å². The van der Waals surface area contributed by atoms with Crippen molar-refractivity contribution in [1.82, 2.24) is 14.5 Å². The fraction of sp³-hybridized carbons (Fsp3) is 0.381. The number of carbonyl (C=O) groups is 1. The second kappa shape index (κ2) is 9.39. The van der Waals surface area contributed by atoms with Gasteiger partial charge in [0.1, 0.15) is 0 Å². The van der Waals surface area contributed by atoms with Gasteiger partial charge < -0.3 is 15.1 Å². The van der Waals surface area contributed by atoms with E-state index < -0.39 is 10.0 Å². The van der Waals surface area contributed by atoms with Gasteiger partial charge in [-0.25, -0.2) is 8.42 Å². The average Bonchev–Trinajstić information content (AvgIpc) is 2.74. The maximum Gasteiger partial charge on any atom is 0.243 e. The van der Waals surface area contributed by atoms with Crippen LogP contribution in [0.15, 0.2) is 59.5 Å². The molecule has 1 aliphatic rings. The molecular formula is C21H28N4O3S. The molecule has 29 heavy (non-hydrogen) atoms. The van der Waals surface area contributed by atoms with Gasteiger partial charge in [0.15, 0.2) is 0 Å². The van der Waals surface area contributed by atoms with E-state index in [0.717, 1.165) is 36.0 Å². The Morgan fingerprint density at radius 2 is 1.62 bits per heavy atom. The maximum absolute atomic E-state index is 12.5. The van der Waals surface area contributed by atoms with Crippen LogP contribution in [-0.4, -0.2) is 70.3 Å². The number of nitrogens with one attached hydrogen (secondary N) is 1. The molecule has 0 bridgehead atoms. The van der Waals surface area contributed by atoms with Gasteiger partial charge in [0, 0.05) is 45.5 Å². The van der Waals surface area contributed by atoms with Gasteiger partial charge in [0.05, 0.1) is 11.4 Å². The minimum absolute atomic E-state index is 0.176. The number of nitrogens with zero attached hydrogens (tertiary/aromatic N) is 3. The summed E-state index contributed by atoms with van der Waals surface area (Å²) < 4.78 is 26.0. The standard InChI is InChI=1S/C21H28N4O3S/c1-23-12-14-25(15-13-23)19-10-8-18(9-11-19)16-22-21(26)17-24(2)29(27,28)20-6-4-3-5-7-20/h3-11H,12-17H2,1-2H3,(H,22,26). The van der Waals surface area contributed by atoms with Gasteiger partial charge in [0.2, 0.25) is 15.9 Å². The van der Waals surface area contributed by atoms with Crippen LogP contribution in [0.25, 0.3) is 0 Å². The van der Waals surface area contributed by atoms with E-state index in [0.29, 0.717) is 6.54 Å². The number of sulfonamides is 1. The predicted molar refractivity (Wildman–Crippen MR) is 114 cm³/mol. The van der Waals surface area contributed by atoms with Gasteiger partial charge in [0.25, 0.3) is 0 Å². The van der Waals surface area contributed by atoms with Gasteiger partial charge in [-0.3, -0.25) is 4.79 Å². The van der Waals surface area contributed by atoms with E-state index in [2.05, 4.69) is 34.3 Å². The second-order valence-electron chi connectivity index (χ2n) is 7.31. The molecule has 0 aliphatic carbocycles. The lowest BCUT2D eigenvalue weighted by Crippen LogP contribution is -2.44. The number of anilines is 1. The molecule has 7 nitrogen and oxygen atoms in total. The molecule has 3 rings (SSSR count). The third-order valence-electron chi connectivity index (χ3n) is 5.11. The molecule has 2 aromatic carbocycles. The SMILES string of the molecule is CN1CCN(c2ccc(CNC(=O)CN(C)S(=O)(=O)c3ccccc3)cc2)CC1. The van der Waals surface area contributed by atoms with Crippen molar-refractivity contribution in [3.63, 3.8) is 0 Å². The van der Waals surface area contributed by atoms with Gasteiger partial charge in [-0.2, -0.15) is 4.31 Å². The van der Waals surface area contributed by atoms with E-state index >= 15 is 0 Å². The molecule has 0 atom stereocenters. The lowest BCUT2D eigenvalue weighted by molar-refractivity contribution is -0.121. The van der Waals surface area contributed by atoms with Crippen LogP contribution in [0.4, 0.5) is 5.69 Å². The summed E-state index contributed by atoms with van der Waals surface area (Å²) in [5, 5.41) is 2.79. The first-order chi connectivity index (χ1) is 13.9. The largest absolute Gasteiger partial charge is 0.369 e. The van der Waals surface area contributed by atoms with Crippen LogP contribution in [0.2, 0.25) is 0 Å². The first kappa shape index (κ1) is 21.3. The molecule has 8 heteroatoms. The number of amides is 1. The fourth-order valence-corrected chi connectivity index (χ4v) is 4.35. The molecule has 1 saturated heterocycles. The Morgan fingerprint density at radius 3 is 2.24 bits per heavy atom. The van der Waals surface area contributed by atoms with Crippen LogP contribution in [0.1, 0.15) is 5.56 Å². The van der Waals surface area contributed by atoms with Crippen molar-refractivity contribution in [3.05, 3.63) is 60.2 Å². The number of hydrogen-bond donors (Lipinski definition) is 1. The molecule has 1 N–H and O–H groups in total. The van der Waals surface area contributed by atoms with E-state index in [1.807, 2.05) is 12.1 Å². The average molecular weight is 417 g/mol. The molecule has 0 radical (unpaired) electrons. The Morgan fingerprint density at radius 1 is 1.00 bits per heavy atom. The van der Waals surface area contributed by atoms with E-state index in [1.54, 1.807) is 18.2 Å². The summed E-state index contributed by atoms with van der Waals surface area (Å²) in [6, 6.07) is 16.2. The number of benzene rings is 2. The molecule has 1 fully saturated rings. The molecular weight excluding hydrogens is 388 g/mol. The first-order valence-electron chi connectivity index (χ1n) is 9.67. The van der Waals surface area contributed by atoms with Crippen molar-refractivity contribution in [2.45, 2.75) is 11.4 Å². The summed E-state index contributed by atoms with van der Waals surface area (Å²) in [7, 11) is -0.135. The lowest BCUT2D eigenvalue weighted by Gasteiger charge is -2.34. The highest BCUT2D eigenvalue weighted by Gasteiger charge is 2.22. The minimum atomic E-state index is -3.68. The molecule has 2 aromatic rings. The summed E-state index contributed by atoms with van der Waals surface area (Å²) >= 11 is 0. The summed E-state index contributed by atoms with van der Waals surface area (Å²) in [5.74, 6) is -0.338. The van der Waals surface area contributed by atoms with Gasteiger partial charge in [-0.15, -0.1) is 0 Å². The zero-order chi connectivity index (χ0) is 20.9. The number of hydrogen-bond acceptors (Lipinski definition) is 5. The number of carbonyl (C=O) groups excluding carboxylic acids is 1. The third kappa shape index (κ3) is 5.56. The zero-order valence-electron chi connectivity index (χ0n) is 16.9. The van der Waals surface area contributed by atoms with Crippen LogP contribution in [0, 0.1) is 0 Å². The Bertz CT molecular complexity index is 909. The number of likely N-dealkylation sites (N-methyl/N-ethyl adjacent to an activating group) is 2. The highest BCUT2D eigenvalue weighted by molar-refractivity contribution is 7.89. The fourth-order valence-electron chi connectivity index (χ4n) is 3.21. The van der Waals surface area contributed by atoms with Crippen molar-refractivity contribution in [3.8, 4) is 0 Å². The van der Waals surface area contributed by atoms with E-state index in [4.69, 9.17) is 0 Å². The van der Waals surface area contributed by atoms with Crippen molar-refractivity contribution < 1.29 is 13.2 Å². The highest BCUT2D eigenvalue weighted by Crippen LogP contribution is 2.17. The molecule has 0 aromatic heterocycles. The van der Waals surface area contributed by atoms with E-state index in [9.17, 15) is 13.2 Å². The highest BCUT2D eigenvalue weighted by atomic mass is 32.2. The van der Waals surface area contributed by atoms with Gasteiger partial charge >= 0.3 is 0 Å². The lowest BCUT2D eigenvalue weighted by atomic mass is 10.2. The summed E-state index contributed by atoms with van der Waals surface area (Å²) in [4.78, 5) is 17.1. The van der Waals surface area contributed by atoms with Crippen LogP contribution < -0.4 is 10.2 Å². The monoisotopic (exact) mass is 416 g/mol. The van der Waals surface area contributed by atoms with Crippen molar-refractivity contribution in [1.29, 1.82) is 0 Å². The van der Waals surface area contributed by atoms with Gasteiger partial charge in [-0.1, -0.05) is 30.3 Å². The number of rotatable bonds is 7. The molecule has 1 heterocycles. The molecule has 0 saturated carbocycles. The maximum atomic E-state index is 12.5. The Kier molecular flexibility index (Phi) is 6.89. The predicted octanol–water partition coefficient (Wildman–Crippen LogP) is 1.38. The van der Waals surface area contributed by atoms with Crippen LogP contribution in [-0.2, 0) is 21.4 Å². The summed E-state index contributed by atoms with van der Waals surface area (Å²) in [6.45, 7) is 4.26. The Hall–Kier alpha value is -2.42. The second-order valence-corrected chi connectivity index (χ2v) is 9.35. The molecule has 0 spiro atoms. The van der Waals surface area contributed by atoms with E-state index in [1.165, 1.54) is 24.9 Å². The van der Waals surface area contributed by atoms with Gasteiger partial charge in [-0.05, 0) is 36.9 Å². The summed E-state index contributed by atoms with van der Waals surface area (Å²) in [6.07, 6.45) is 0. The molecule has 0 unspecified atom stereocenters. The van der Waals surface area contributed by atoms with Crippen molar-refractivity contribution in [2.75, 3.05) is 51.7 Å². The minimum Gasteiger partial charge on any atom is -0.369 e.